The summed E-state index contributed by atoms with van der Waals surface area (Å²) >= 11 is 0. The molecule has 0 bridgehead atoms. The molecule has 0 aliphatic carbocycles. The van der Waals surface area contributed by atoms with Crippen LogP contribution < -0.4 is 0 Å². The number of benzene rings is 2. The summed E-state index contributed by atoms with van der Waals surface area (Å²) in [7, 11) is 2.67. The lowest BCUT2D eigenvalue weighted by Crippen LogP contribution is -2.08. The first-order valence-corrected chi connectivity index (χ1v) is 9.86. The summed E-state index contributed by atoms with van der Waals surface area (Å²) in [5.74, 6) is -0.0789. The van der Waals surface area contributed by atoms with Crippen molar-refractivity contribution in [2.24, 2.45) is 0 Å². The Morgan fingerprint density at radius 1 is 0.667 bits per heavy atom. The first-order valence-electron chi connectivity index (χ1n) is 7.37. The van der Waals surface area contributed by atoms with Crippen LogP contribution in [0, 0.1) is 0 Å². The average molecular weight is 362 g/mol. The Labute approximate surface area is 149 Å². The second-order valence-corrected chi connectivity index (χ2v) is 7.19. The van der Waals surface area contributed by atoms with E-state index in [0.717, 1.165) is 11.1 Å². The largest absolute Gasteiger partial charge is 0.453 e. The minimum Gasteiger partial charge on any atom is -0.453 e. The molecule has 0 fully saturated rings. The summed E-state index contributed by atoms with van der Waals surface area (Å²) in [4.78, 5) is 23.3. The van der Waals surface area contributed by atoms with Crippen LogP contribution in [0.25, 0.3) is 0 Å². The quantitative estimate of drug-likeness (QED) is 0.292. The maximum absolute atomic E-state index is 11.6. The lowest BCUT2D eigenvalue weighted by Gasteiger charge is -2.06. The highest BCUT2D eigenvalue weighted by Crippen LogP contribution is 2.21. The Balaban J connectivity index is 1.50. The molecule has 0 unspecified atom stereocenters. The third-order valence-corrected chi connectivity index (χ3v) is 4.67. The number of hydrogen-bond acceptors (Lipinski definition) is 6. The molecular formula is C18H18O4S2. The predicted molar refractivity (Wildman–Crippen MR) is 97.4 cm³/mol. The third kappa shape index (κ3) is 7.57. The van der Waals surface area contributed by atoms with Gasteiger partial charge in [0.15, 0.2) is 0 Å². The lowest BCUT2D eigenvalue weighted by atomic mass is 10.2. The van der Waals surface area contributed by atoms with Crippen molar-refractivity contribution in [3.8, 4) is 0 Å². The number of carbonyl (C=O) groups excluding carboxylic acids is 2. The second-order valence-electron chi connectivity index (χ2n) is 4.83. The van der Waals surface area contributed by atoms with Crippen LogP contribution in [-0.2, 0) is 31.9 Å². The predicted octanol–water partition coefficient (Wildman–Crippen LogP) is 3.85. The molecule has 0 amide bonds. The zero-order valence-electron chi connectivity index (χ0n) is 13.1. The van der Waals surface area contributed by atoms with Gasteiger partial charge >= 0.3 is 11.9 Å². The van der Waals surface area contributed by atoms with Crippen molar-refractivity contribution < 1.29 is 19.1 Å². The summed E-state index contributed by atoms with van der Waals surface area (Å²) < 4.78 is 10.2. The Bertz CT molecular complexity index is 574. The van der Waals surface area contributed by atoms with Gasteiger partial charge < -0.3 is 9.47 Å². The van der Waals surface area contributed by atoms with Crippen molar-refractivity contribution in [2.75, 3.05) is 11.9 Å². The molecule has 0 atom stereocenters. The van der Waals surface area contributed by atoms with Crippen LogP contribution in [-0.4, -0.2) is 23.8 Å². The summed E-state index contributed by atoms with van der Waals surface area (Å²) in [6.07, 6.45) is 0.524. The van der Waals surface area contributed by atoms with E-state index in [0.29, 0.717) is 0 Å². The number of rotatable bonds is 9. The molecule has 24 heavy (non-hydrogen) atoms. The van der Waals surface area contributed by atoms with E-state index in [4.69, 9.17) is 9.47 Å². The smallest absolute Gasteiger partial charge is 0.311 e. The van der Waals surface area contributed by atoms with Crippen molar-refractivity contribution in [1.82, 2.24) is 0 Å². The van der Waals surface area contributed by atoms with Crippen molar-refractivity contribution in [1.29, 1.82) is 0 Å². The second kappa shape index (κ2) is 10.8. The number of hydrogen-bond donors (Lipinski definition) is 0. The summed E-state index contributed by atoms with van der Waals surface area (Å²) in [6, 6.07) is 18.9. The first kappa shape index (κ1) is 18.4. The molecule has 6 heteroatoms. The van der Waals surface area contributed by atoms with Gasteiger partial charge in [-0.1, -0.05) is 60.7 Å². The maximum Gasteiger partial charge on any atom is 0.311 e. The van der Waals surface area contributed by atoms with E-state index in [9.17, 15) is 9.59 Å². The van der Waals surface area contributed by atoms with Gasteiger partial charge in [-0.25, -0.2) is 0 Å². The first-order chi connectivity index (χ1) is 11.7. The van der Waals surface area contributed by atoms with E-state index in [1.807, 2.05) is 60.7 Å². The topological polar surface area (TPSA) is 52.6 Å². The van der Waals surface area contributed by atoms with Crippen LogP contribution in [0.15, 0.2) is 60.7 Å². The van der Waals surface area contributed by atoms with Crippen LogP contribution in [0.1, 0.15) is 11.1 Å². The van der Waals surface area contributed by atoms with Gasteiger partial charge in [-0.15, -0.1) is 0 Å². The molecule has 2 rings (SSSR count). The number of esters is 2. The average Bonchev–Trinajstić information content (AvgIpc) is 2.60. The molecule has 0 aliphatic rings. The molecule has 0 aromatic heterocycles. The van der Waals surface area contributed by atoms with E-state index < -0.39 is 0 Å². The highest BCUT2D eigenvalue weighted by Gasteiger charge is 2.06. The van der Waals surface area contributed by atoms with Crippen molar-refractivity contribution in [2.45, 2.75) is 12.8 Å². The highest BCUT2D eigenvalue weighted by molar-refractivity contribution is 8.76. The zero-order chi connectivity index (χ0) is 17.0. The van der Waals surface area contributed by atoms with Gasteiger partial charge in [0.05, 0.1) is 12.8 Å². The molecule has 126 valence electrons. The molecule has 0 heterocycles. The van der Waals surface area contributed by atoms with Gasteiger partial charge in [-0.3, -0.25) is 9.59 Å². The minimum absolute atomic E-state index is 0.229. The molecule has 0 radical (unpaired) electrons. The van der Waals surface area contributed by atoms with Crippen LogP contribution in [0.4, 0.5) is 0 Å². The van der Waals surface area contributed by atoms with E-state index >= 15 is 0 Å². The SMILES string of the molecule is O=C(Cc1ccccc1)OCSSCOC(=O)Cc1ccccc1. The Morgan fingerprint density at radius 2 is 1.04 bits per heavy atom. The monoisotopic (exact) mass is 362 g/mol. The Morgan fingerprint density at radius 3 is 1.42 bits per heavy atom. The van der Waals surface area contributed by atoms with Gasteiger partial charge in [0.2, 0.25) is 0 Å². The molecule has 0 N–H and O–H groups in total. The van der Waals surface area contributed by atoms with Crippen LogP contribution in [0.2, 0.25) is 0 Å². The zero-order valence-corrected chi connectivity index (χ0v) is 14.7. The fourth-order valence-corrected chi connectivity index (χ4v) is 3.07. The molecule has 4 nitrogen and oxygen atoms in total. The van der Waals surface area contributed by atoms with E-state index in [1.165, 1.54) is 21.6 Å². The number of ether oxygens (including phenoxy) is 2. The Hall–Kier alpha value is -1.92. The molecule has 2 aromatic rings. The molecule has 0 saturated carbocycles. The van der Waals surface area contributed by atoms with Crippen molar-refractivity contribution in [3.05, 3.63) is 71.8 Å². The standard InChI is InChI=1S/C18H18O4S2/c19-17(11-15-7-3-1-4-8-15)21-13-23-24-14-22-18(20)12-16-9-5-2-6-10-16/h1-10H,11-14H2. The molecular weight excluding hydrogens is 344 g/mol. The molecule has 0 aliphatic heterocycles. The molecule has 0 spiro atoms. The van der Waals surface area contributed by atoms with Gasteiger partial charge in [0, 0.05) is 0 Å². The number of carbonyl (C=O) groups is 2. The maximum atomic E-state index is 11.6. The summed E-state index contributed by atoms with van der Waals surface area (Å²) in [6.45, 7) is 0. The van der Waals surface area contributed by atoms with E-state index in [-0.39, 0.29) is 36.7 Å². The van der Waals surface area contributed by atoms with Crippen molar-refractivity contribution >= 4 is 33.5 Å². The van der Waals surface area contributed by atoms with E-state index in [2.05, 4.69) is 0 Å². The van der Waals surface area contributed by atoms with Gasteiger partial charge in [-0.05, 0) is 32.7 Å². The lowest BCUT2D eigenvalue weighted by molar-refractivity contribution is -0.141. The van der Waals surface area contributed by atoms with Crippen molar-refractivity contribution in [3.63, 3.8) is 0 Å². The molecule has 2 aromatic carbocycles. The van der Waals surface area contributed by atoms with Crippen LogP contribution in [0.5, 0.6) is 0 Å². The van der Waals surface area contributed by atoms with Crippen LogP contribution >= 0.6 is 21.6 Å². The fraction of sp³-hybridized carbons (Fsp3) is 0.222. The summed E-state index contributed by atoms with van der Waals surface area (Å²) in [5.41, 5.74) is 1.85. The fourth-order valence-electron chi connectivity index (χ4n) is 1.87. The van der Waals surface area contributed by atoms with Gasteiger partial charge in [0.1, 0.15) is 11.9 Å². The normalized spacial score (nSPS) is 10.2. The highest BCUT2D eigenvalue weighted by atomic mass is 33.1. The van der Waals surface area contributed by atoms with Crippen LogP contribution in [0.3, 0.4) is 0 Å². The van der Waals surface area contributed by atoms with Gasteiger partial charge in [-0.2, -0.15) is 0 Å². The summed E-state index contributed by atoms with van der Waals surface area (Å²) in [5, 5.41) is 0. The Kier molecular flexibility index (Phi) is 8.27. The van der Waals surface area contributed by atoms with E-state index in [1.54, 1.807) is 0 Å². The minimum atomic E-state index is -0.268. The third-order valence-electron chi connectivity index (χ3n) is 3.00. The molecule has 0 saturated heterocycles. The van der Waals surface area contributed by atoms with Gasteiger partial charge in [0.25, 0.3) is 0 Å².